The Bertz CT molecular complexity index is 889. The molecular formula is C16H10ClN. The fourth-order valence-electron chi connectivity index (χ4n) is 2.65. The number of pyridine rings is 1. The maximum atomic E-state index is 6.44. The van der Waals surface area contributed by atoms with Crippen LogP contribution in [0.3, 0.4) is 0 Å². The summed E-state index contributed by atoms with van der Waals surface area (Å²) in [5, 5.41) is 4.45. The molecule has 0 aliphatic rings. The molecule has 2 aromatic heterocycles. The molecule has 2 heteroatoms. The molecule has 1 nitrogen and oxygen atoms in total. The first-order valence-corrected chi connectivity index (χ1v) is 6.29. The average molecular weight is 252 g/mol. The molecule has 0 bridgehead atoms. The molecule has 0 aliphatic carbocycles. The first-order valence-electron chi connectivity index (χ1n) is 5.92. The summed E-state index contributed by atoms with van der Waals surface area (Å²) in [6.07, 6.45) is 2.05. The maximum absolute atomic E-state index is 6.44. The highest BCUT2D eigenvalue weighted by molar-refractivity contribution is 6.37. The second-order valence-corrected chi connectivity index (χ2v) is 4.89. The van der Waals surface area contributed by atoms with Crippen molar-refractivity contribution >= 4 is 38.8 Å². The number of rotatable bonds is 0. The molecule has 86 valence electrons. The highest BCUT2D eigenvalue weighted by Gasteiger charge is 2.09. The topological polar surface area (TPSA) is 4.41 Å². The van der Waals surface area contributed by atoms with Crippen LogP contribution in [-0.4, -0.2) is 4.40 Å². The maximum Gasteiger partial charge on any atom is 0.0722 e. The number of fused-ring (bicyclic) bond motifs is 5. The zero-order chi connectivity index (χ0) is 12.1. The number of hydrogen-bond donors (Lipinski definition) is 0. The Morgan fingerprint density at radius 1 is 0.833 bits per heavy atom. The van der Waals surface area contributed by atoms with Crippen molar-refractivity contribution in [3.05, 3.63) is 65.8 Å². The lowest BCUT2D eigenvalue weighted by Crippen LogP contribution is -1.83. The molecular weight excluding hydrogens is 242 g/mol. The van der Waals surface area contributed by atoms with E-state index in [1.54, 1.807) is 0 Å². The van der Waals surface area contributed by atoms with Gasteiger partial charge in [-0.2, -0.15) is 0 Å². The van der Waals surface area contributed by atoms with Crippen molar-refractivity contribution in [2.45, 2.75) is 0 Å². The van der Waals surface area contributed by atoms with Crippen LogP contribution < -0.4 is 0 Å². The quantitative estimate of drug-likeness (QED) is 0.419. The van der Waals surface area contributed by atoms with E-state index in [4.69, 9.17) is 11.6 Å². The number of halogens is 1. The predicted octanol–water partition coefficient (Wildman–Crippen LogP) is 4.90. The molecule has 2 heterocycles. The third-order valence-corrected chi connectivity index (χ3v) is 3.73. The molecule has 4 aromatic rings. The number of hydrogen-bond acceptors (Lipinski definition) is 0. The zero-order valence-electron chi connectivity index (χ0n) is 9.60. The summed E-state index contributed by atoms with van der Waals surface area (Å²) in [6.45, 7) is 0. The van der Waals surface area contributed by atoms with Crippen LogP contribution in [0.15, 0.2) is 60.8 Å². The van der Waals surface area contributed by atoms with Crippen LogP contribution in [-0.2, 0) is 0 Å². The largest absolute Gasteiger partial charge is 0.315 e. The van der Waals surface area contributed by atoms with Crippen molar-refractivity contribution in [2.75, 3.05) is 0 Å². The minimum atomic E-state index is 0.801. The van der Waals surface area contributed by atoms with E-state index in [-0.39, 0.29) is 0 Å². The molecule has 0 unspecified atom stereocenters. The van der Waals surface area contributed by atoms with Gasteiger partial charge in [-0.3, -0.25) is 0 Å². The molecule has 18 heavy (non-hydrogen) atoms. The van der Waals surface area contributed by atoms with E-state index >= 15 is 0 Å². The molecule has 0 amide bonds. The molecule has 0 saturated carbocycles. The van der Waals surface area contributed by atoms with Crippen LogP contribution in [0.2, 0.25) is 5.02 Å². The Hall–Kier alpha value is -1.99. The van der Waals surface area contributed by atoms with Crippen LogP contribution >= 0.6 is 11.6 Å². The first kappa shape index (κ1) is 9.98. The van der Waals surface area contributed by atoms with Gasteiger partial charge in [0.25, 0.3) is 0 Å². The van der Waals surface area contributed by atoms with Gasteiger partial charge in [0, 0.05) is 17.1 Å². The molecule has 0 radical (unpaired) electrons. The van der Waals surface area contributed by atoms with E-state index in [0.717, 1.165) is 10.5 Å². The first-order chi connectivity index (χ1) is 8.84. The molecule has 0 atom stereocenters. The molecule has 0 aliphatic heterocycles. The van der Waals surface area contributed by atoms with E-state index in [0.29, 0.717) is 0 Å². The van der Waals surface area contributed by atoms with Crippen molar-refractivity contribution in [3.8, 4) is 0 Å². The van der Waals surface area contributed by atoms with Crippen molar-refractivity contribution in [3.63, 3.8) is 0 Å². The summed E-state index contributed by atoms with van der Waals surface area (Å²) >= 11 is 6.44. The van der Waals surface area contributed by atoms with Gasteiger partial charge in [-0.05, 0) is 35.0 Å². The van der Waals surface area contributed by atoms with Gasteiger partial charge in [-0.1, -0.05) is 41.9 Å². The van der Waals surface area contributed by atoms with Crippen LogP contribution in [0.25, 0.3) is 27.2 Å². The normalized spacial score (nSPS) is 11.6. The fourth-order valence-corrected chi connectivity index (χ4v) is 2.96. The van der Waals surface area contributed by atoms with Crippen molar-refractivity contribution < 1.29 is 0 Å². The van der Waals surface area contributed by atoms with E-state index in [1.165, 1.54) is 21.7 Å². The highest BCUT2D eigenvalue weighted by Crippen LogP contribution is 2.33. The highest BCUT2D eigenvalue weighted by atomic mass is 35.5. The fraction of sp³-hybridized carbons (Fsp3) is 0. The Morgan fingerprint density at radius 3 is 2.61 bits per heavy atom. The van der Waals surface area contributed by atoms with Gasteiger partial charge in [-0.25, -0.2) is 0 Å². The molecule has 0 fully saturated rings. The smallest absolute Gasteiger partial charge is 0.0722 e. The summed E-state index contributed by atoms with van der Waals surface area (Å²) in [7, 11) is 0. The number of aromatic nitrogens is 1. The Balaban J connectivity index is 2.38. The second-order valence-electron chi connectivity index (χ2n) is 4.48. The third kappa shape index (κ3) is 1.22. The summed E-state index contributed by atoms with van der Waals surface area (Å²) in [5.74, 6) is 0. The molecule has 0 saturated heterocycles. The van der Waals surface area contributed by atoms with E-state index in [1.807, 2.05) is 24.3 Å². The Labute approximate surface area is 109 Å². The second kappa shape index (κ2) is 3.50. The molecule has 4 rings (SSSR count). The molecule has 0 N–H and O–H groups in total. The van der Waals surface area contributed by atoms with Gasteiger partial charge < -0.3 is 4.40 Å². The lowest BCUT2D eigenvalue weighted by atomic mass is 10.1. The van der Waals surface area contributed by atoms with Crippen LogP contribution in [0, 0.1) is 0 Å². The predicted molar refractivity (Wildman–Crippen MR) is 77.4 cm³/mol. The SMILES string of the molecule is Clc1cc2ccccc2c2cc3ccccn3c12. The van der Waals surface area contributed by atoms with Crippen molar-refractivity contribution in [1.82, 2.24) is 4.40 Å². The van der Waals surface area contributed by atoms with Gasteiger partial charge in [0.2, 0.25) is 0 Å². The minimum absolute atomic E-state index is 0.801. The third-order valence-electron chi connectivity index (χ3n) is 3.44. The molecule has 2 aromatic carbocycles. The standard InChI is InChI=1S/C16H10ClN/c17-15-9-11-5-1-2-7-13(11)14-10-12-6-3-4-8-18(12)16(14)15/h1-10H. The Kier molecular flexibility index (Phi) is 1.94. The summed E-state index contributed by atoms with van der Waals surface area (Å²) in [5.41, 5.74) is 2.26. The summed E-state index contributed by atoms with van der Waals surface area (Å²) in [6, 6.07) is 18.8. The minimum Gasteiger partial charge on any atom is -0.315 e. The van der Waals surface area contributed by atoms with Crippen LogP contribution in [0.4, 0.5) is 0 Å². The van der Waals surface area contributed by atoms with E-state index < -0.39 is 0 Å². The van der Waals surface area contributed by atoms with Crippen molar-refractivity contribution in [2.24, 2.45) is 0 Å². The van der Waals surface area contributed by atoms with Crippen LogP contribution in [0.1, 0.15) is 0 Å². The Morgan fingerprint density at radius 2 is 1.67 bits per heavy atom. The van der Waals surface area contributed by atoms with E-state index in [2.05, 4.69) is 40.9 Å². The van der Waals surface area contributed by atoms with Gasteiger partial charge >= 0.3 is 0 Å². The van der Waals surface area contributed by atoms with Gasteiger partial charge in [0.05, 0.1) is 10.5 Å². The molecule has 0 spiro atoms. The average Bonchev–Trinajstić information content (AvgIpc) is 2.79. The van der Waals surface area contributed by atoms with Gasteiger partial charge in [0.15, 0.2) is 0 Å². The van der Waals surface area contributed by atoms with Crippen molar-refractivity contribution in [1.29, 1.82) is 0 Å². The van der Waals surface area contributed by atoms with E-state index in [9.17, 15) is 0 Å². The van der Waals surface area contributed by atoms with Crippen LogP contribution in [0.5, 0.6) is 0 Å². The lowest BCUT2D eigenvalue weighted by Gasteiger charge is -2.03. The number of benzene rings is 2. The lowest BCUT2D eigenvalue weighted by molar-refractivity contribution is 1.25. The zero-order valence-corrected chi connectivity index (χ0v) is 10.4. The summed E-state index contributed by atoms with van der Waals surface area (Å²) < 4.78 is 2.14. The van der Waals surface area contributed by atoms with Gasteiger partial charge in [0.1, 0.15) is 0 Å². The monoisotopic (exact) mass is 251 g/mol. The summed E-state index contributed by atoms with van der Waals surface area (Å²) in [4.78, 5) is 0. The van der Waals surface area contributed by atoms with Gasteiger partial charge in [-0.15, -0.1) is 0 Å². The number of nitrogens with zero attached hydrogens (tertiary/aromatic N) is 1.